The molecule has 11 heteroatoms. The van der Waals surface area contributed by atoms with Crippen molar-refractivity contribution in [1.82, 2.24) is 0 Å². The number of carbonyl (C=O) groups is 2. The molecular formula is C26H49O10P. The zero-order valence-electron chi connectivity index (χ0n) is 22.7. The molecule has 3 N–H and O–H groups in total. The Balaban J connectivity index is 4.60. The van der Waals surface area contributed by atoms with Crippen molar-refractivity contribution < 1.29 is 47.8 Å². The van der Waals surface area contributed by atoms with Gasteiger partial charge >= 0.3 is 19.8 Å². The Hall–Kier alpha value is -1.29. The lowest BCUT2D eigenvalue weighted by molar-refractivity contribution is -0.160. The van der Waals surface area contributed by atoms with E-state index in [9.17, 15) is 24.2 Å². The normalized spacial score (nSPS) is 14.8. The maximum absolute atomic E-state index is 12.3. The highest BCUT2D eigenvalue weighted by atomic mass is 31.2. The number of phosphoric acid groups is 1. The van der Waals surface area contributed by atoms with Gasteiger partial charge in [-0.3, -0.25) is 18.6 Å². The predicted octanol–water partition coefficient (Wildman–Crippen LogP) is 4.99. The first-order valence-corrected chi connectivity index (χ1v) is 15.1. The molecule has 3 atom stereocenters. The molecule has 0 heterocycles. The second-order valence-corrected chi connectivity index (χ2v) is 10.5. The molecule has 218 valence electrons. The monoisotopic (exact) mass is 552 g/mol. The second-order valence-electron chi connectivity index (χ2n) is 9.09. The first-order valence-electron chi connectivity index (χ1n) is 13.6. The van der Waals surface area contributed by atoms with E-state index in [0.717, 1.165) is 51.4 Å². The van der Waals surface area contributed by atoms with Crippen LogP contribution in [0.1, 0.15) is 104 Å². The van der Waals surface area contributed by atoms with Gasteiger partial charge < -0.3 is 24.6 Å². The van der Waals surface area contributed by atoms with Gasteiger partial charge in [0.05, 0.1) is 26.2 Å². The predicted molar refractivity (Wildman–Crippen MR) is 141 cm³/mol. The van der Waals surface area contributed by atoms with E-state index >= 15 is 0 Å². The topological polar surface area (TPSA) is 149 Å². The molecule has 0 fully saturated rings. The largest absolute Gasteiger partial charge is 0.472 e. The summed E-state index contributed by atoms with van der Waals surface area (Å²) < 4.78 is 32.0. The van der Waals surface area contributed by atoms with E-state index in [1.165, 1.54) is 19.3 Å². The number of aliphatic hydroxyl groups is 2. The first kappa shape index (κ1) is 35.7. The van der Waals surface area contributed by atoms with Crippen LogP contribution in [0.25, 0.3) is 0 Å². The zero-order chi connectivity index (χ0) is 27.8. The molecular weight excluding hydrogens is 503 g/mol. The summed E-state index contributed by atoms with van der Waals surface area (Å²) in [7, 11) is -4.59. The third-order valence-corrected chi connectivity index (χ3v) is 6.40. The van der Waals surface area contributed by atoms with E-state index in [-0.39, 0.29) is 19.4 Å². The molecule has 0 spiro atoms. The highest BCUT2D eigenvalue weighted by Gasteiger charge is 2.27. The standard InChI is InChI=1S/C26H49O10P/c1-3-5-7-9-11-12-14-15-17-25(29)33-21-24(22-35-37(31,32)34-20-23(28)19-27)36-26(30)18-16-13-10-8-6-4-2/h14-15,23-24,27-28H,3-13,16-22H2,1-2H3,(H,31,32)/b15-14-/t23-,24+/m0/s1. The van der Waals surface area contributed by atoms with Gasteiger partial charge in [0.1, 0.15) is 12.7 Å². The van der Waals surface area contributed by atoms with Crippen LogP contribution in [-0.4, -0.2) is 65.7 Å². The first-order chi connectivity index (χ1) is 17.7. The quantitative estimate of drug-likeness (QED) is 0.0612. The number of allylic oxidation sites excluding steroid dienone is 1. The fraction of sp³-hybridized carbons (Fsp3) is 0.846. The minimum absolute atomic E-state index is 0.0644. The van der Waals surface area contributed by atoms with Crippen LogP contribution in [0.5, 0.6) is 0 Å². The minimum Gasteiger partial charge on any atom is -0.461 e. The Bertz CT molecular complexity index is 655. The number of rotatable bonds is 25. The summed E-state index contributed by atoms with van der Waals surface area (Å²) in [5.41, 5.74) is 0. The van der Waals surface area contributed by atoms with Crippen molar-refractivity contribution in [2.45, 2.75) is 116 Å². The van der Waals surface area contributed by atoms with E-state index < -0.39 is 51.8 Å². The average Bonchev–Trinajstić information content (AvgIpc) is 2.87. The molecule has 0 aliphatic carbocycles. The molecule has 0 saturated carbocycles. The summed E-state index contributed by atoms with van der Waals surface area (Å²) in [5.74, 6) is -1.04. The van der Waals surface area contributed by atoms with Crippen molar-refractivity contribution in [1.29, 1.82) is 0 Å². The number of hydrogen-bond donors (Lipinski definition) is 3. The van der Waals surface area contributed by atoms with Crippen molar-refractivity contribution >= 4 is 19.8 Å². The Morgan fingerprint density at radius 1 is 0.811 bits per heavy atom. The number of aliphatic hydroxyl groups excluding tert-OH is 2. The van der Waals surface area contributed by atoms with Gasteiger partial charge in [-0.1, -0.05) is 83.8 Å². The highest BCUT2D eigenvalue weighted by molar-refractivity contribution is 7.47. The molecule has 0 rings (SSSR count). The van der Waals surface area contributed by atoms with Crippen LogP contribution in [0.2, 0.25) is 0 Å². The van der Waals surface area contributed by atoms with E-state index in [4.69, 9.17) is 19.1 Å². The van der Waals surface area contributed by atoms with Crippen LogP contribution in [0, 0.1) is 0 Å². The molecule has 0 aromatic carbocycles. The third kappa shape index (κ3) is 23.6. The van der Waals surface area contributed by atoms with Crippen LogP contribution in [0.15, 0.2) is 12.2 Å². The van der Waals surface area contributed by atoms with E-state index in [2.05, 4.69) is 18.4 Å². The van der Waals surface area contributed by atoms with E-state index in [1.54, 1.807) is 6.08 Å². The molecule has 0 bridgehead atoms. The number of carbonyl (C=O) groups excluding carboxylic acids is 2. The van der Waals surface area contributed by atoms with Gasteiger partial charge in [-0.05, 0) is 19.3 Å². The van der Waals surface area contributed by atoms with Crippen LogP contribution in [0.4, 0.5) is 0 Å². The van der Waals surface area contributed by atoms with Crippen LogP contribution < -0.4 is 0 Å². The van der Waals surface area contributed by atoms with Crippen molar-refractivity contribution in [2.24, 2.45) is 0 Å². The molecule has 0 radical (unpaired) electrons. The average molecular weight is 553 g/mol. The van der Waals surface area contributed by atoms with Crippen LogP contribution >= 0.6 is 7.82 Å². The molecule has 0 aliphatic rings. The summed E-state index contributed by atoms with van der Waals surface area (Å²) in [6.45, 7) is 2.13. The van der Waals surface area contributed by atoms with Gasteiger partial charge in [0.25, 0.3) is 0 Å². The van der Waals surface area contributed by atoms with Gasteiger partial charge in [0.2, 0.25) is 0 Å². The van der Waals surface area contributed by atoms with Crippen molar-refractivity contribution in [3.05, 3.63) is 12.2 Å². The summed E-state index contributed by atoms with van der Waals surface area (Å²) in [6, 6.07) is 0. The molecule has 0 aromatic heterocycles. The SMILES string of the molecule is CCCCCCC/C=C\CC(=O)OC[C@H](COP(=O)(O)OC[C@@H](O)CO)OC(=O)CCCCCCCC. The van der Waals surface area contributed by atoms with Gasteiger partial charge in [0.15, 0.2) is 6.10 Å². The van der Waals surface area contributed by atoms with Gasteiger partial charge in [0, 0.05) is 6.42 Å². The maximum Gasteiger partial charge on any atom is 0.472 e. The number of unbranched alkanes of at least 4 members (excludes halogenated alkanes) is 10. The summed E-state index contributed by atoms with van der Waals surface area (Å²) in [6.07, 6.45) is 14.2. The molecule has 37 heavy (non-hydrogen) atoms. The Morgan fingerprint density at radius 2 is 1.41 bits per heavy atom. The van der Waals surface area contributed by atoms with Gasteiger partial charge in [-0.15, -0.1) is 0 Å². The lowest BCUT2D eigenvalue weighted by Crippen LogP contribution is -2.29. The number of phosphoric ester groups is 1. The highest BCUT2D eigenvalue weighted by Crippen LogP contribution is 2.43. The smallest absolute Gasteiger partial charge is 0.461 e. The van der Waals surface area contributed by atoms with Gasteiger partial charge in [-0.25, -0.2) is 4.57 Å². The van der Waals surface area contributed by atoms with Crippen LogP contribution in [-0.2, 0) is 32.7 Å². The fourth-order valence-corrected chi connectivity index (χ4v) is 4.06. The fourth-order valence-electron chi connectivity index (χ4n) is 3.27. The van der Waals surface area contributed by atoms with Crippen LogP contribution in [0.3, 0.4) is 0 Å². The molecule has 0 saturated heterocycles. The lowest BCUT2D eigenvalue weighted by Gasteiger charge is -2.20. The summed E-state index contributed by atoms with van der Waals surface area (Å²) in [5, 5.41) is 18.1. The van der Waals surface area contributed by atoms with Crippen molar-refractivity contribution in [3.63, 3.8) is 0 Å². The third-order valence-electron chi connectivity index (χ3n) is 5.45. The number of hydrogen-bond acceptors (Lipinski definition) is 9. The second kappa shape index (κ2) is 23.8. The molecule has 0 aliphatic heterocycles. The molecule has 10 nitrogen and oxygen atoms in total. The number of esters is 2. The van der Waals surface area contributed by atoms with E-state index in [0.29, 0.717) is 6.42 Å². The summed E-state index contributed by atoms with van der Waals surface area (Å²) in [4.78, 5) is 34.1. The molecule has 0 aromatic rings. The maximum atomic E-state index is 12.3. The lowest BCUT2D eigenvalue weighted by atomic mass is 10.1. The molecule has 0 amide bonds. The summed E-state index contributed by atoms with van der Waals surface area (Å²) >= 11 is 0. The molecule has 1 unspecified atom stereocenters. The zero-order valence-corrected chi connectivity index (χ0v) is 23.6. The Kier molecular flexibility index (Phi) is 23.0. The van der Waals surface area contributed by atoms with Gasteiger partial charge in [-0.2, -0.15) is 0 Å². The van der Waals surface area contributed by atoms with Crippen molar-refractivity contribution in [2.75, 3.05) is 26.4 Å². The Labute approximate surface area is 222 Å². The number of ether oxygens (including phenoxy) is 2. The van der Waals surface area contributed by atoms with E-state index in [1.807, 2.05) is 6.08 Å². The minimum atomic E-state index is -4.59. The van der Waals surface area contributed by atoms with Crippen molar-refractivity contribution in [3.8, 4) is 0 Å². The Morgan fingerprint density at radius 3 is 2.05 bits per heavy atom.